The van der Waals surface area contributed by atoms with Gasteiger partial charge in [-0.1, -0.05) is 12.8 Å². The van der Waals surface area contributed by atoms with Gasteiger partial charge in [0, 0.05) is 38.9 Å². The Morgan fingerprint density at radius 3 is 2.59 bits per heavy atom. The van der Waals surface area contributed by atoms with Gasteiger partial charge in [0.1, 0.15) is 5.82 Å². The third-order valence-corrected chi connectivity index (χ3v) is 4.03. The molecule has 0 bridgehead atoms. The van der Waals surface area contributed by atoms with Gasteiger partial charge in [0.05, 0.1) is 6.10 Å². The first-order valence-electron chi connectivity index (χ1n) is 8.21. The van der Waals surface area contributed by atoms with Crippen molar-refractivity contribution in [3.05, 3.63) is 11.8 Å². The molecule has 124 valence electrons. The van der Waals surface area contributed by atoms with Crippen LogP contribution in [0.1, 0.15) is 31.2 Å². The second-order valence-electron chi connectivity index (χ2n) is 6.34. The van der Waals surface area contributed by atoms with Crippen molar-refractivity contribution in [1.82, 2.24) is 14.9 Å². The molecule has 1 atom stereocenters. The molecular weight excluding hydrogens is 278 g/mol. The van der Waals surface area contributed by atoms with Gasteiger partial charge in [-0.2, -0.15) is 4.98 Å². The van der Waals surface area contributed by atoms with Crippen LogP contribution in [0.15, 0.2) is 6.20 Å². The number of anilines is 2. The highest BCUT2D eigenvalue weighted by atomic mass is 16.3. The van der Waals surface area contributed by atoms with Gasteiger partial charge >= 0.3 is 0 Å². The second kappa shape index (κ2) is 8.29. The topological polar surface area (TPSA) is 64.5 Å². The Labute approximate surface area is 133 Å². The maximum Gasteiger partial charge on any atom is 0.224 e. The number of rotatable bonds is 6. The third kappa shape index (κ3) is 5.10. The average Bonchev–Trinajstić information content (AvgIpc) is 2.74. The van der Waals surface area contributed by atoms with E-state index in [-0.39, 0.29) is 0 Å². The molecule has 2 heterocycles. The quantitative estimate of drug-likeness (QED) is 0.830. The first kappa shape index (κ1) is 17.0. The van der Waals surface area contributed by atoms with Gasteiger partial charge in [-0.15, -0.1) is 0 Å². The Hall–Kier alpha value is -1.40. The molecule has 1 aromatic rings. The predicted molar refractivity (Wildman–Crippen MR) is 90.5 cm³/mol. The number of aliphatic hydroxyl groups excluding tert-OH is 1. The predicted octanol–water partition coefficient (Wildman–Crippen LogP) is 1.50. The number of β-amino-alcohol motifs (C(OH)–C–C–N with tert-alkyl or cyclic N) is 1. The molecule has 0 spiro atoms. The lowest BCUT2D eigenvalue weighted by molar-refractivity contribution is 0.124. The molecule has 0 aromatic carbocycles. The molecule has 0 unspecified atom stereocenters. The Morgan fingerprint density at radius 1 is 1.27 bits per heavy atom. The zero-order chi connectivity index (χ0) is 15.9. The maximum atomic E-state index is 10.2. The van der Waals surface area contributed by atoms with Crippen molar-refractivity contribution in [2.75, 3.05) is 50.5 Å². The Morgan fingerprint density at radius 2 is 1.95 bits per heavy atom. The highest BCUT2D eigenvalue weighted by molar-refractivity contribution is 5.47. The van der Waals surface area contributed by atoms with Gasteiger partial charge in [-0.3, -0.25) is 0 Å². The van der Waals surface area contributed by atoms with Crippen LogP contribution < -0.4 is 10.2 Å². The van der Waals surface area contributed by atoms with Crippen LogP contribution >= 0.6 is 0 Å². The number of aromatic nitrogens is 2. The summed E-state index contributed by atoms with van der Waals surface area (Å²) in [4.78, 5) is 13.1. The van der Waals surface area contributed by atoms with Crippen molar-refractivity contribution < 1.29 is 5.11 Å². The summed E-state index contributed by atoms with van der Waals surface area (Å²) in [7, 11) is 3.93. The molecule has 2 N–H and O–H groups in total. The summed E-state index contributed by atoms with van der Waals surface area (Å²) in [5, 5.41) is 13.4. The third-order valence-electron chi connectivity index (χ3n) is 4.03. The SMILES string of the molecule is Cc1cnc(NC[C@@H](O)CN2CCCCCC2)nc1N(C)C. The first-order chi connectivity index (χ1) is 10.6. The highest BCUT2D eigenvalue weighted by Crippen LogP contribution is 2.15. The Kier molecular flexibility index (Phi) is 6.39. The van der Waals surface area contributed by atoms with Gasteiger partial charge in [-0.25, -0.2) is 4.98 Å². The number of hydrogen-bond acceptors (Lipinski definition) is 6. The molecule has 6 heteroatoms. The molecule has 0 radical (unpaired) electrons. The number of likely N-dealkylation sites (tertiary alicyclic amines) is 1. The minimum atomic E-state index is -0.397. The molecule has 1 fully saturated rings. The van der Waals surface area contributed by atoms with E-state index in [1.54, 1.807) is 0 Å². The van der Waals surface area contributed by atoms with Crippen LogP contribution in [0.3, 0.4) is 0 Å². The van der Waals surface area contributed by atoms with Crippen LogP contribution in [0.4, 0.5) is 11.8 Å². The minimum Gasteiger partial charge on any atom is -0.390 e. The van der Waals surface area contributed by atoms with Crippen molar-refractivity contribution >= 4 is 11.8 Å². The van der Waals surface area contributed by atoms with E-state index < -0.39 is 6.10 Å². The molecule has 0 saturated carbocycles. The van der Waals surface area contributed by atoms with E-state index in [1.807, 2.05) is 32.1 Å². The minimum absolute atomic E-state index is 0.397. The number of aryl methyl sites for hydroxylation is 1. The molecule has 2 rings (SSSR count). The molecule has 0 amide bonds. The van der Waals surface area contributed by atoms with E-state index in [1.165, 1.54) is 25.7 Å². The molecule has 1 aliphatic heterocycles. The van der Waals surface area contributed by atoms with Crippen molar-refractivity contribution in [2.45, 2.75) is 38.7 Å². The fraction of sp³-hybridized carbons (Fsp3) is 0.750. The lowest BCUT2D eigenvalue weighted by atomic mass is 10.2. The summed E-state index contributed by atoms with van der Waals surface area (Å²) in [6.07, 6.45) is 6.53. The van der Waals surface area contributed by atoms with E-state index in [0.717, 1.165) is 31.0 Å². The van der Waals surface area contributed by atoms with E-state index >= 15 is 0 Å². The van der Waals surface area contributed by atoms with Gasteiger partial charge in [-0.05, 0) is 32.9 Å². The number of nitrogens with one attached hydrogen (secondary N) is 1. The lowest BCUT2D eigenvalue weighted by Crippen LogP contribution is -2.36. The first-order valence-corrected chi connectivity index (χ1v) is 8.21. The average molecular weight is 307 g/mol. The zero-order valence-electron chi connectivity index (χ0n) is 14.0. The smallest absolute Gasteiger partial charge is 0.224 e. The Balaban J connectivity index is 1.82. The van der Waals surface area contributed by atoms with Crippen LogP contribution in [0.5, 0.6) is 0 Å². The van der Waals surface area contributed by atoms with Crippen LogP contribution in [-0.4, -0.2) is 66.4 Å². The fourth-order valence-corrected chi connectivity index (χ4v) is 2.86. The van der Waals surface area contributed by atoms with Crippen molar-refractivity contribution in [1.29, 1.82) is 0 Å². The summed E-state index contributed by atoms with van der Waals surface area (Å²) < 4.78 is 0. The second-order valence-corrected chi connectivity index (χ2v) is 6.34. The van der Waals surface area contributed by atoms with E-state index in [9.17, 15) is 5.11 Å². The molecule has 1 aliphatic rings. The van der Waals surface area contributed by atoms with Gasteiger partial charge < -0.3 is 20.2 Å². The molecule has 1 saturated heterocycles. The van der Waals surface area contributed by atoms with Crippen molar-refractivity contribution in [2.24, 2.45) is 0 Å². The largest absolute Gasteiger partial charge is 0.390 e. The van der Waals surface area contributed by atoms with Crippen molar-refractivity contribution in [3.63, 3.8) is 0 Å². The number of hydrogen-bond donors (Lipinski definition) is 2. The summed E-state index contributed by atoms with van der Waals surface area (Å²) in [6, 6.07) is 0. The fourth-order valence-electron chi connectivity index (χ4n) is 2.86. The van der Waals surface area contributed by atoms with Gasteiger partial charge in [0.15, 0.2) is 0 Å². The normalized spacial score (nSPS) is 17.8. The van der Waals surface area contributed by atoms with Gasteiger partial charge in [0.2, 0.25) is 5.95 Å². The highest BCUT2D eigenvalue weighted by Gasteiger charge is 2.14. The van der Waals surface area contributed by atoms with Crippen molar-refractivity contribution in [3.8, 4) is 0 Å². The zero-order valence-corrected chi connectivity index (χ0v) is 14.0. The number of aliphatic hydroxyl groups is 1. The summed E-state index contributed by atoms with van der Waals surface area (Å²) in [6.45, 7) is 5.39. The molecule has 0 aliphatic carbocycles. The van der Waals surface area contributed by atoms with E-state index in [2.05, 4.69) is 20.2 Å². The monoisotopic (exact) mass is 307 g/mol. The number of nitrogens with zero attached hydrogens (tertiary/aromatic N) is 4. The van der Waals surface area contributed by atoms with E-state index in [4.69, 9.17) is 0 Å². The maximum absolute atomic E-state index is 10.2. The molecule has 22 heavy (non-hydrogen) atoms. The van der Waals surface area contributed by atoms with Crippen LogP contribution in [0, 0.1) is 6.92 Å². The Bertz CT molecular complexity index is 458. The standard InChI is InChI=1S/C16H29N5O/c1-13-10-17-16(19-15(13)20(2)3)18-11-14(22)12-21-8-6-4-5-7-9-21/h10,14,22H,4-9,11-12H2,1-3H3,(H,17,18,19)/t14-/m1/s1. The van der Waals surface area contributed by atoms with Crippen LogP contribution in [0.25, 0.3) is 0 Å². The summed E-state index contributed by atoms with van der Waals surface area (Å²) >= 11 is 0. The summed E-state index contributed by atoms with van der Waals surface area (Å²) in [5.41, 5.74) is 1.04. The van der Waals surface area contributed by atoms with E-state index in [0.29, 0.717) is 12.5 Å². The van der Waals surface area contributed by atoms with Crippen LogP contribution in [-0.2, 0) is 0 Å². The molecule has 6 nitrogen and oxygen atoms in total. The summed E-state index contributed by atoms with van der Waals surface area (Å²) in [5.74, 6) is 1.48. The lowest BCUT2D eigenvalue weighted by Gasteiger charge is -2.23. The van der Waals surface area contributed by atoms with Crippen LogP contribution in [0.2, 0.25) is 0 Å². The van der Waals surface area contributed by atoms with Gasteiger partial charge in [0.25, 0.3) is 0 Å². The molecular formula is C16H29N5O. The molecule has 1 aromatic heterocycles.